The van der Waals surface area contributed by atoms with Gasteiger partial charge in [0.05, 0.1) is 16.1 Å². The minimum Gasteiger partial charge on any atom is -0.444 e. The average Bonchev–Trinajstić information content (AvgIpc) is 3.31. The summed E-state index contributed by atoms with van der Waals surface area (Å²) in [5.41, 5.74) is 1.45. The van der Waals surface area contributed by atoms with E-state index in [1.807, 2.05) is 37.8 Å². The molecule has 0 radical (unpaired) electrons. The predicted octanol–water partition coefficient (Wildman–Crippen LogP) is 4.23. The summed E-state index contributed by atoms with van der Waals surface area (Å²) < 4.78 is 5.29. The van der Waals surface area contributed by atoms with E-state index in [4.69, 9.17) is 16.3 Å². The van der Waals surface area contributed by atoms with E-state index >= 15 is 0 Å². The topological polar surface area (TPSA) is 58.6 Å². The largest absolute Gasteiger partial charge is 0.444 e. The Morgan fingerprint density at radius 2 is 2.00 bits per heavy atom. The lowest BCUT2D eigenvalue weighted by molar-refractivity contribution is -0.120. The number of benzene rings is 1. The van der Waals surface area contributed by atoms with Gasteiger partial charge in [-0.2, -0.15) is 0 Å². The highest BCUT2D eigenvalue weighted by Gasteiger charge is 2.61. The lowest BCUT2D eigenvalue weighted by Crippen LogP contribution is -2.33. The van der Waals surface area contributed by atoms with Crippen molar-refractivity contribution in [2.75, 3.05) is 10.2 Å². The van der Waals surface area contributed by atoms with Crippen LogP contribution in [0.5, 0.6) is 0 Å². The van der Waals surface area contributed by atoms with E-state index in [0.717, 1.165) is 36.9 Å². The molecule has 0 saturated heterocycles. The molecule has 2 amide bonds. The Balaban J connectivity index is 1.67. The second-order valence-electron chi connectivity index (χ2n) is 7.96. The third kappa shape index (κ3) is 2.46. The standard InChI is InChI=1S/C18H21ClN2O3/c1-17(2,3)24-16(23)20-13-8-11-14(9-12(13)19)21(10-4-5-10)15(22)18(11)6-7-18/h8-10H,4-7H2,1-3H3,(H,20,23). The van der Waals surface area contributed by atoms with E-state index in [0.29, 0.717) is 16.8 Å². The minimum atomic E-state index is -0.580. The highest BCUT2D eigenvalue weighted by Crippen LogP contribution is 2.60. The molecule has 3 aliphatic rings. The van der Waals surface area contributed by atoms with Crippen LogP contribution >= 0.6 is 11.6 Å². The number of anilines is 2. The van der Waals surface area contributed by atoms with E-state index in [9.17, 15) is 9.59 Å². The Morgan fingerprint density at radius 1 is 1.33 bits per heavy atom. The number of amides is 2. The number of carbonyl (C=O) groups is 2. The Hall–Kier alpha value is -1.75. The second-order valence-corrected chi connectivity index (χ2v) is 8.37. The molecule has 1 aliphatic heterocycles. The van der Waals surface area contributed by atoms with Crippen LogP contribution in [0.2, 0.25) is 5.02 Å². The SMILES string of the molecule is CC(C)(C)OC(=O)Nc1cc2c(cc1Cl)N(C1CC1)C(=O)C21CC1. The molecule has 2 fully saturated rings. The molecule has 1 N–H and O–H groups in total. The van der Waals surface area contributed by atoms with Crippen molar-refractivity contribution in [3.63, 3.8) is 0 Å². The first-order valence-electron chi connectivity index (χ1n) is 8.39. The van der Waals surface area contributed by atoms with Crippen molar-refractivity contribution in [3.05, 3.63) is 22.7 Å². The fraction of sp³-hybridized carbons (Fsp3) is 0.556. The zero-order valence-corrected chi connectivity index (χ0v) is 14.9. The van der Waals surface area contributed by atoms with Crippen molar-refractivity contribution in [1.29, 1.82) is 0 Å². The van der Waals surface area contributed by atoms with Gasteiger partial charge < -0.3 is 9.64 Å². The molecule has 0 bridgehead atoms. The molecule has 6 heteroatoms. The summed E-state index contributed by atoms with van der Waals surface area (Å²) in [6.07, 6.45) is 3.30. The van der Waals surface area contributed by atoms with Crippen LogP contribution in [0.25, 0.3) is 0 Å². The number of hydrogen-bond donors (Lipinski definition) is 1. The van der Waals surface area contributed by atoms with E-state index < -0.39 is 11.7 Å². The van der Waals surface area contributed by atoms with Crippen LogP contribution in [-0.4, -0.2) is 23.6 Å². The normalized spacial score (nSPS) is 21.0. The molecule has 1 heterocycles. The zero-order chi connectivity index (χ0) is 17.3. The van der Waals surface area contributed by atoms with Gasteiger partial charge in [-0.3, -0.25) is 10.1 Å². The smallest absolute Gasteiger partial charge is 0.412 e. The molecule has 2 aliphatic carbocycles. The van der Waals surface area contributed by atoms with Crippen LogP contribution in [0.3, 0.4) is 0 Å². The monoisotopic (exact) mass is 348 g/mol. The van der Waals surface area contributed by atoms with Gasteiger partial charge in [0, 0.05) is 11.7 Å². The summed E-state index contributed by atoms with van der Waals surface area (Å²) in [6.45, 7) is 5.42. The number of hydrogen-bond acceptors (Lipinski definition) is 3. The van der Waals surface area contributed by atoms with Crippen LogP contribution in [0.1, 0.15) is 52.0 Å². The van der Waals surface area contributed by atoms with Gasteiger partial charge in [0.1, 0.15) is 5.60 Å². The van der Waals surface area contributed by atoms with Crippen molar-refractivity contribution >= 4 is 35.0 Å². The maximum absolute atomic E-state index is 12.8. The summed E-state index contributed by atoms with van der Waals surface area (Å²) >= 11 is 6.37. The molecule has 0 atom stereocenters. The third-order valence-corrected chi connectivity index (χ3v) is 5.10. The Kier molecular flexibility index (Phi) is 3.21. The first-order valence-corrected chi connectivity index (χ1v) is 8.77. The minimum absolute atomic E-state index is 0.200. The van der Waals surface area contributed by atoms with Crippen molar-refractivity contribution in [1.82, 2.24) is 0 Å². The summed E-state index contributed by atoms with van der Waals surface area (Å²) in [7, 11) is 0. The Labute approximate surface area is 146 Å². The number of nitrogens with one attached hydrogen (secondary N) is 1. The van der Waals surface area contributed by atoms with Gasteiger partial charge in [-0.1, -0.05) is 11.6 Å². The molecular formula is C18H21ClN2O3. The first kappa shape index (κ1) is 15.8. The summed E-state index contributed by atoms with van der Waals surface area (Å²) in [4.78, 5) is 26.8. The molecule has 1 aromatic rings. The van der Waals surface area contributed by atoms with Crippen LogP contribution in [-0.2, 0) is 14.9 Å². The first-order chi connectivity index (χ1) is 11.2. The molecule has 1 aromatic carbocycles. The fourth-order valence-corrected chi connectivity index (χ4v) is 3.62. The summed E-state index contributed by atoms with van der Waals surface area (Å²) in [5, 5.41) is 3.14. The van der Waals surface area contributed by atoms with Crippen LogP contribution in [0.15, 0.2) is 12.1 Å². The quantitative estimate of drug-likeness (QED) is 0.870. The Morgan fingerprint density at radius 3 is 2.54 bits per heavy atom. The van der Waals surface area contributed by atoms with Crippen LogP contribution in [0.4, 0.5) is 16.2 Å². The lowest BCUT2D eigenvalue weighted by Gasteiger charge is -2.21. The van der Waals surface area contributed by atoms with Gasteiger partial charge in [0.2, 0.25) is 5.91 Å². The molecule has 2 saturated carbocycles. The van der Waals surface area contributed by atoms with Gasteiger partial charge in [-0.15, -0.1) is 0 Å². The van der Waals surface area contributed by atoms with E-state index in [1.54, 1.807) is 0 Å². The highest BCUT2D eigenvalue weighted by molar-refractivity contribution is 6.34. The number of fused-ring (bicyclic) bond motifs is 2. The zero-order valence-electron chi connectivity index (χ0n) is 14.1. The van der Waals surface area contributed by atoms with Crippen LogP contribution in [0, 0.1) is 0 Å². The number of halogens is 1. The molecular weight excluding hydrogens is 328 g/mol. The van der Waals surface area contributed by atoms with E-state index in [-0.39, 0.29) is 11.3 Å². The highest BCUT2D eigenvalue weighted by atomic mass is 35.5. The summed E-state index contributed by atoms with van der Waals surface area (Å²) in [6, 6.07) is 3.99. The molecule has 128 valence electrons. The molecule has 0 unspecified atom stereocenters. The van der Waals surface area contributed by atoms with Crippen molar-refractivity contribution < 1.29 is 14.3 Å². The molecule has 4 rings (SSSR count). The average molecular weight is 349 g/mol. The van der Waals surface area contributed by atoms with Crippen molar-refractivity contribution in [2.45, 2.75) is 63.5 Å². The molecule has 1 spiro atoms. The predicted molar refractivity (Wildman–Crippen MR) is 92.7 cm³/mol. The van der Waals surface area contributed by atoms with Gasteiger partial charge in [-0.05, 0) is 64.2 Å². The number of ether oxygens (including phenoxy) is 1. The van der Waals surface area contributed by atoms with Crippen molar-refractivity contribution in [3.8, 4) is 0 Å². The van der Waals surface area contributed by atoms with Gasteiger partial charge in [0.15, 0.2) is 0 Å². The van der Waals surface area contributed by atoms with Crippen LogP contribution < -0.4 is 10.2 Å². The van der Waals surface area contributed by atoms with E-state index in [1.165, 1.54) is 0 Å². The third-order valence-electron chi connectivity index (χ3n) is 4.79. The number of rotatable bonds is 2. The molecule has 5 nitrogen and oxygen atoms in total. The van der Waals surface area contributed by atoms with Gasteiger partial charge in [-0.25, -0.2) is 4.79 Å². The maximum atomic E-state index is 12.8. The molecule has 24 heavy (non-hydrogen) atoms. The van der Waals surface area contributed by atoms with E-state index in [2.05, 4.69) is 5.32 Å². The molecule has 0 aromatic heterocycles. The lowest BCUT2D eigenvalue weighted by atomic mass is 9.97. The fourth-order valence-electron chi connectivity index (χ4n) is 3.41. The van der Waals surface area contributed by atoms with Crippen molar-refractivity contribution in [2.24, 2.45) is 0 Å². The van der Waals surface area contributed by atoms with Gasteiger partial charge in [0.25, 0.3) is 0 Å². The van der Waals surface area contributed by atoms with Gasteiger partial charge >= 0.3 is 6.09 Å². The second kappa shape index (κ2) is 4.88. The summed E-state index contributed by atoms with van der Waals surface area (Å²) in [5.74, 6) is 0.200. The Bertz CT molecular complexity index is 745. The number of carbonyl (C=O) groups excluding carboxylic acids is 2. The number of nitrogens with zero attached hydrogens (tertiary/aromatic N) is 1. The maximum Gasteiger partial charge on any atom is 0.412 e.